The van der Waals surface area contributed by atoms with Gasteiger partial charge in [0.15, 0.2) is 0 Å². The van der Waals surface area contributed by atoms with Crippen LogP contribution in [-0.2, 0) is 17.9 Å². The molecule has 0 saturated carbocycles. The number of nitro groups is 1. The number of pyridine rings is 1. The summed E-state index contributed by atoms with van der Waals surface area (Å²) in [4.78, 5) is 27.3. The largest absolute Gasteiger partial charge is 0.487 e. The third kappa shape index (κ3) is 6.62. The second-order valence-corrected chi connectivity index (χ2v) is 7.12. The molecular formula is C21H19N3O4S. The van der Waals surface area contributed by atoms with Crippen LogP contribution in [0.25, 0.3) is 0 Å². The van der Waals surface area contributed by atoms with Gasteiger partial charge in [-0.25, -0.2) is 0 Å². The molecule has 1 N–H and O–H groups in total. The van der Waals surface area contributed by atoms with Crippen molar-refractivity contribution < 1.29 is 14.5 Å². The number of aromatic nitrogens is 1. The molecule has 7 nitrogen and oxygen atoms in total. The normalized spacial score (nSPS) is 10.3. The zero-order chi connectivity index (χ0) is 20.5. The maximum atomic E-state index is 12.1. The summed E-state index contributed by atoms with van der Waals surface area (Å²) in [6, 6.07) is 19.3. The van der Waals surface area contributed by atoms with Crippen molar-refractivity contribution in [3.05, 3.63) is 94.3 Å². The van der Waals surface area contributed by atoms with Crippen molar-refractivity contribution >= 4 is 23.4 Å². The van der Waals surface area contributed by atoms with Crippen molar-refractivity contribution in [1.29, 1.82) is 0 Å². The molecule has 2 aromatic carbocycles. The molecule has 0 aliphatic carbocycles. The van der Waals surface area contributed by atoms with Gasteiger partial charge in [-0.15, -0.1) is 11.8 Å². The molecule has 3 aromatic rings. The summed E-state index contributed by atoms with van der Waals surface area (Å²) in [5, 5.41) is 13.5. The minimum atomic E-state index is -0.449. The quantitative estimate of drug-likeness (QED) is 0.326. The van der Waals surface area contributed by atoms with E-state index in [0.29, 0.717) is 18.9 Å². The number of nitrogens with one attached hydrogen (secondary N) is 1. The van der Waals surface area contributed by atoms with E-state index in [2.05, 4.69) is 10.3 Å². The molecule has 8 heteroatoms. The van der Waals surface area contributed by atoms with Gasteiger partial charge in [0.25, 0.3) is 5.69 Å². The fourth-order valence-corrected chi connectivity index (χ4v) is 3.18. The summed E-state index contributed by atoms with van der Waals surface area (Å²) in [5.41, 5.74) is 1.80. The van der Waals surface area contributed by atoms with E-state index in [4.69, 9.17) is 4.74 Å². The molecule has 0 radical (unpaired) electrons. The zero-order valence-corrected chi connectivity index (χ0v) is 16.3. The van der Waals surface area contributed by atoms with Crippen LogP contribution in [0, 0.1) is 10.1 Å². The lowest BCUT2D eigenvalue weighted by atomic mass is 10.2. The van der Waals surface area contributed by atoms with E-state index in [0.717, 1.165) is 16.2 Å². The average Bonchev–Trinajstić information content (AvgIpc) is 2.76. The first-order valence-corrected chi connectivity index (χ1v) is 9.84. The molecule has 0 aliphatic heterocycles. The van der Waals surface area contributed by atoms with E-state index in [1.165, 1.54) is 23.9 Å². The number of thioether (sulfide) groups is 1. The molecule has 0 unspecified atom stereocenters. The Morgan fingerprint density at radius 2 is 1.93 bits per heavy atom. The number of ether oxygens (including phenoxy) is 1. The van der Waals surface area contributed by atoms with Crippen LogP contribution in [-0.4, -0.2) is 21.6 Å². The highest BCUT2D eigenvalue weighted by Crippen LogP contribution is 2.21. The summed E-state index contributed by atoms with van der Waals surface area (Å²) < 4.78 is 5.74. The van der Waals surface area contributed by atoms with Gasteiger partial charge in [0.05, 0.1) is 16.4 Å². The van der Waals surface area contributed by atoms with Gasteiger partial charge in [0.1, 0.15) is 12.4 Å². The molecule has 0 atom stereocenters. The van der Waals surface area contributed by atoms with Crippen molar-refractivity contribution in [2.24, 2.45) is 0 Å². The van der Waals surface area contributed by atoms with Crippen LogP contribution in [0.2, 0.25) is 0 Å². The van der Waals surface area contributed by atoms with Crippen molar-refractivity contribution in [3.63, 3.8) is 0 Å². The second kappa shape index (κ2) is 10.2. The Labute approximate surface area is 172 Å². The number of amides is 1. The molecule has 0 fully saturated rings. The van der Waals surface area contributed by atoms with Gasteiger partial charge in [-0.05, 0) is 42.0 Å². The minimum Gasteiger partial charge on any atom is -0.487 e. The maximum absolute atomic E-state index is 12.1. The summed E-state index contributed by atoms with van der Waals surface area (Å²) >= 11 is 1.33. The molecule has 1 aromatic heterocycles. The minimum absolute atomic E-state index is 0.0314. The first kappa shape index (κ1) is 20.3. The topological polar surface area (TPSA) is 94.4 Å². The monoisotopic (exact) mass is 409 g/mol. The van der Waals surface area contributed by atoms with Gasteiger partial charge in [-0.1, -0.05) is 18.2 Å². The molecule has 29 heavy (non-hydrogen) atoms. The Balaban J connectivity index is 1.44. The smallest absolute Gasteiger partial charge is 0.269 e. The van der Waals surface area contributed by atoms with Crippen molar-refractivity contribution in [1.82, 2.24) is 10.3 Å². The Kier molecular flexibility index (Phi) is 7.18. The van der Waals surface area contributed by atoms with Gasteiger partial charge in [0.2, 0.25) is 5.91 Å². The van der Waals surface area contributed by atoms with Gasteiger partial charge >= 0.3 is 0 Å². The lowest BCUT2D eigenvalue weighted by molar-refractivity contribution is -0.384. The highest BCUT2D eigenvalue weighted by Gasteiger charge is 2.07. The van der Waals surface area contributed by atoms with Crippen LogP contribution in [0.15, 0.2) is 77.8 Å². The first-order valence-electron chi connectivity index (χ1n) is 8.86. The molecule has 3 rings (SSSR count). The van der Waals surface area contributed by atoms with E-state index >= 15 is 0 Å². The van der Waals surface area contributed by atoms with Crippen molar-refractivity contribution in [2.45, 2.75) is 18.0 Å². The SMILES string of the molecule is O=C(CSc1ccc([N+](=O)[O-])cc1)NCc1cccc(OCc2ccccn2)c1. The number of hydrogen-bond donors (Lipinski definition) is 1. The van der Waals surface area contributed by atoms with E-state index in [1.54, 1.807) is 18.3 Å². The van der Waals surface area contributed by atoms with Gasteiger partial charge in [-0.2, -0.15) is 0 Å². The lowest BCUT2D eigenvalue weighted by Crippen LogP contribution is -2.24. The summed E-state index contributed by atoms with van der Waals surface area (Å²) in [6.45, 7) is 0.767. The molecule has 0 aliphatic rings. The van der Waals surface area contributed by atoms with Crippen LogP contribution in [0.1, 0.15) is 11.3 Å². The number of benzene rings is 2. The average molecular weight is 409 g/mol. The van der Waals surface area contributed by atoms with Gasteiger partial charge < -0.3 is 10.1 Å². The highest BCUT2D eigenvalue weighted by atomic mass is 32.2. The number of rotatable bonds is 9. The Morgan fingerprint density at radius 3 is 2.66 bits per heavy atom. The van der Waals surface area contributed by atoms with Crippen LogP contribution in [0.4, 0.5) is 5.69 Å². The molecule has 1 heterocycles. The van der Waals surface area contributed by atoms with Gasteiger partial charge in [0, 0.05) is 29.8 Å². The lowest BCUT2D eigenvalue weighted by Gasteiger charge is -2.09. The first-order chi connectivity index (χ1) is 14.1. The predicted octanol–water partition coefficient (Wildman–Crippen LogP) is 3.98. The zero-order valence-electron chi connectivity index (χ0n) is 15.5. The Bertz CT molecular complexity index is 965. The summed E-state index contributed by atoms with van der Waals surface area (Å²) in [5.74, 6) is 0.823. The predicted molar refractivity (Wildman–Crippen MR) is 111 cm³/mol. The highest BCUT2D eigenvalue weighted by molar-refractivity contribution is 8.00. The number of carbonyl (C=O) groups excluding carboxylic acids is 1. The van der Waals surface area contributed by atoms with Crippen LogP contribution >= 0.6 is 11.8 Å². The molecule has 148 valence electrons. The fourth-order valence-electron chi connectivity index (χ4n) is 2.45. The summed E-state index contributed by atoms with van der Waals surface area (Å²) in [6.07, 6.45) is 1.72. The summed E-state index contributed by atoms with van der Waals surface area (Å²) in [7, 11) is 0. The van der Waals surface area contributed by atoms with Crippen LogP contribution in [0.3, 0.4) is 0 Å². The Hall–Kier alpha value is -3.39. The van der Waals surface area contributed by atoms with E-state index in [-0.39, 0.29) is 17.3 Å². The van der Waals surface area contributed by atoms with Crippen LogP contribution < -0.4 is 10.1 Å². The van der Waals surface area contributed by atoms with Crippen LogP contribution in [0.5, 0.6) is 5.75 Å². The number of nitrogens with zero attached hydrogens (tertiary/aromatic N) is 2. The molecular weight excluding hydrogens is 390 g/mol. The molecule has 0 spiro atoms. The standard InChI is InChI=1S/C21H19N3O4S/c25-21(15-29-20-9-7-18(8-10-20)24(26)27)23-13-16-4-3-6-19(12-16)28-14-17-5-1-2-11-22-17/h1-12H,13-15H2,(H,23,25). The van der Waals surface area contributed by atoms with E-state index in [9.17, 15) is 14.9 Å². The van der Waals surface area contributed by atoms with Crippen molar-refractivity contribution in [2.75, 3.05) is 5.75 Å². The number of carbonyl (C=O) groups is 1. The van der Waals surface area contributed by atoms with Gasteiger partial charge in [-0.3, -0.25) is 19.9 Å². The number of hydrogen-bond acceptors (Lipinski definition) is 6. The third-order valence-corrected chi connectivity index (χ3v) is 4.93. The van der Waals surface area contributed by atoms with E-state index < -0.39 is 4.92 Å². The van der Waals surface area contributed by atoms with E-state index in [1.807, 2.05) is 42.5 Å². The number of nitro benzene ring substituents is 1. The number of non-ortho nitro benzene ring substituents is 1. The Morgan fingerprint density at radius 1 is 1.10 bits per heavy atom. The third-order valence-electron chi connectivity index (χ3n) is 3.92. The molecule has 0 saturated heterocycles. The fraction of sp³-hybridized carbons (Fsp3) is 0.143. The maximum Gasteiger partial charge on any atom is 0.269 e. The molecule has 0 bridgehead atoms. The second-order valence-electron chi connectivity index (χ2n) is 6.07. The molecule has 1 amide bonds. The van der Waals surface area contributed by atoms with Crippen molar-refractivity contribution in [3.8, 4) is 5.75 Å².